The third-order valence-electron chi connectivity index (χ3n) is 7.48. The second-order valence-electron chi connectivity index (χ2n) is 10.4. The Morgan fingerprint density at radius 2 is 1.74 bits per heavy atom. The van der Waals surface area contributed by atoms with Gasteiger partial charge in [-0.25, -0.2) is 18.7 Å². The Morgan fingerprint density at radius 3 is 2.28 bits per heavy atom. The molecule has 1 aromatic carbocycles. The van der Waals surface area contributed by atoms with E-state index in [-0.39, 0.29) is 46.5 Å². The van der Waals surface area contributed by atoms with Gasteiger partial charge in [-0.3, -0.25) is 9.36 Å². The van der Waals surface area contributed by atoms with Crippen LogP contribution in [0.5, 0.6) is 0 Å². The third kappa shape index (κ3) is 5.43. The zero-order chi connectivity index (χ0) is 28.3. The molecule has 2 fully saturated rings. The van der Waals surface area contributed by atoms with Crippen LogP contribution in [-0.2, 0) is 11.0 Å². The minimum Gasteiger partial charge on any atom is -0.369 e. The van der Waals surface area contributed by atoms with Crippen molar-refractivity contribution >= 4 is 57.9 Å². The van der Waals surface area contributed by atoms with Gasteiger partial charge in [-0.2, -0.15) is 18.2 Å². The van der Waals surface area contributed by atoms with E-state index in [4.69, 9.17) is 28.9 Å². The number of imidazole rings is 1. The molecule has 4 N–H and O–H groups in total. The van der Waals surface area contributed by atoms with Crippen molar-refractivity contribution in [3.05, 3.63) is 33.9 Å². The number of primary amides is 1. The molecular weight excluding hydrogens is 568 g/mol. The number of hydrogen-bond donors (Lipinski definition) is 3. The maximum Gasteiger partial charge on any atom is 0.416 e. The van der Waals surface area contributed by atoms with Crippen molar-refractivity contribution < 1.29 is 26.7 Å². The normalized spacial score (nSPS) is 23.4. The third-order valence-corrected chi connectivity index (χ3v) is 8.08. The number of halogens is 7. The molecular formula is C24H24Cl2F5N7O. The topological polar surface area (TPSA) is 111 Å². The van der Waals surface area contributed by atoms with Crippen LogP contribution < -0.4 is 16.4 Å². The molecule has 39 heavy (non-hydrogen) atoms. The van der Waals surface area contributed by atoms with Gasteiger partial charge in [0.25, 0.3) is 5.92 Å². The van der Waals surface area contributed by atoms with Crippen LogP contribution in [0, 0.1) is 5.41 Å². The van der Waals surface area contributed by atoms with Crippen LogP contribution in [0.2, 0.25) is 10.0 Å². The van der Waals surface area contributed by atoms with Gasteiger partial charge in [0.15, 0.2) is 5.65 Å². The van der Waals surface area contributed by atoms with Gasteiger partial charge >= 0.3 is 6.18 Å². The molecule has 2 aliphatic rings. The monoisotopic (exact) mass is 591 g/mol. The van der Waals surface area contributed by atoms with Gasteiger partial charge in [-0.1, -0.05) is 30.1 Å². The fourth-order valence-electron chi connectivity index (χ4n) is 5.05. The molecule has 0 aliphatic heterocycles. The maximum absolute atomic E-state index is 13.3. The first-order valence-electron chi connectivity index (χ1n) is 12.2. The van der Waals surface area contributed by atoms with Gasteiger partial charge in [-0.15, -0.1) is 0 Å². The van der Waals surface area contributed by atoms with Crippen LogP contribution in [0.3, 0.4) is 0 Å². The predicted octanol–water partition coefficient (Wildman–Crippen LogP) is 6.71. The van der Waals surface area contributed by atoms with Gasteiger partial charge in [0, 0.05) is 30.3 Å². The van der Waals surface area contributed by atoms with Crippen molar-refractivity contribution in [1.29, 1.82) is 0 Å². The summed E-state index contributed by atoms with van der Waals surface area (Å²) in [4.78, 5) is 25.2. The molecule has 2 saturated carbocycles. The molecule has 1 amide bonds. The quantitative estimate of drug-likeness (QED) is 0.275. The first-order valence-corrected chi connectivity index (χ1v) is 12.9. The van der Waals surface area contributed by atoms with Crippen LogP contribution in [-0.4, -0.2) is 37.4 Å². The predicted molar refractivity (Wildman–Crippen MR) is 136 cm³/mol. The van der Waals surface area contributed by atoms with Gasteiger partial charge in [0.2, 0.25) is 17.8 Å². The number of nitrogens with zero attached hydrogens (tertiary/aromatic N) is 4. The molecule has 15 heteroatoms. The lowest BCUT2D eigenvalue weighted by Gasteiger charge is -2.36. The molecule has 210 valence electrons. The number of amides is 1. The van der Waals surface area contributed by atoms with Crippen molar-refractivity contribution in [3.8, 4) is 0 Å². The second-order valence-corrected chi connectivity index (χ2v) is 11.2. The Labute approximate surface area is 229 Å². The Bertz CT molecular complexity index is 1410. The van der Waals surface area contributed by atoms with Gasteiger partial charge < -0.3 is 16.4 Å². The van der Waals surface area contributed by atoms with Crippen LogP contribution in [0.4, 0.5) is 39.5 Å². The molecule has 0 spiro atoms. The lowest BCUT2D eigenvalue weighted by molar-refractivity contribution is -0.137. The maximum atomic E-state index is 13.3. The first-order chi connectivity index (χ1) is 18.1. The smallest absolute Gasteiger partial charge is 0.369 e. The van der Waals surface area contributed by atoms with Crippen molar-refractivity contribution in [2.75, 3.05) is 10.6 Å². The average molecular weight is 592 g/mol. The largest absolute Gasteiger partial charge is 0.416 e. The SMILES string of the molecule is C[C@]1(C(N)=O)CC[C@H](n2c(Nc3c(Cl)cc(C(F)(F)F)cc3Cl)nc3cnc(NC4CC(F)(F)C4)nc32)CC1. The van der Waals surface area contributed by atoms with Crippen molar-refractivity contribution in [1.82, 2.24) is 19.5 Å². The van der Waals surface area contributed by atoms with Crippen molar-refractivity contribution in [2.24, 2.45) is 11.1 Å². The minimum absolute atomic E-state index is 0.0173. The highest BCUT2D eigenvalue weighted by molar-refractivity contribution is 6.39. The highest BCUT2D eigenvalue weighted by Gasteiger charge is 2.45. The fourth-order valence-corrected chi connectivity index (χ4v) is 5.63. The lowest BCUT2D eigenvalue weighted by Crippen LogP contribution is -2.44. The van der Waals surface area contributed by atoms with E-state index in [1.54, 1.807) is 11.5 Å². The number of nitrogens with one attached hydrogen (secondary N) is 2. The zero-order valence-corrected chi connectivity index (χ0v) is 22.1. The molecule has 2 heterocycles. The minimum atomic E-state index is -4.64. The summed E-state index contributed by atoms with van der Waals surface area (Å²) in [7, 11) is 0. The van der Waals surface area contributed by atoms with Crippen LogP contribution in [0.1, 0.15) is 57.1 Å². The van der Waals surface area contributed by atoms with E-state index in [0.29, 0.717) is 36.8 Å². The summed E-state index contributed by atoms with van der Waals surface area (Å²) in [5.41, 5.74) is 4.66. The highest BCUT2D eigenvalue weighted by atomic mass is 35.5. The number of hydrogen-bond acceptors (Lipinski definition) is 6. The molecule has 8 nitrogen and oxygen atoms in total. The summed E-state index contributed by atoms with van der Waals surface area (Å²) in [5, 5.41) is 5.33. The van der Waals surface area contributed by atoms with Crippen molar-refractivity contribution in [3.63, 3.8) is 0 Å². The van der Waals surface area contributed by atoms with E-state index in [0.717, 1.165) is 12.1 Å². The Kier molecular flexibility index (Phi) is 6.81. The molecule has 5 rings (SSSR count). The summed E-state index contributed by atoms with van der Waals surface area (Å²) in [6.07, 6.45) is -1.86. The number of nitrogens with two attached hydrogens (primary N) is 1. The summed E-state index contributed by atoms with van der Waals surface area (Å²) < 4.78 is 68.1. The zero-order valence-electron chi connectivity index (χ0n) is 20.5. The Balaban J connectivity index is 1.53. The van der Waals surface area contributed by atoms with Crippen LogP contribution in [0.25, 0.3) is 11.2 Å². The summed E-state index contributed by atoms with van der Waals surface area (Å²) in [6.45, 7) is 1.80. The Morgan fingerprint density at radius 1 is 1.13 bits per heavy atom. The Hall–Kier alpha value is -2.93. The van der Waals surface area contributed by atoms with E-state index in [1.807, 2.05) is 0 Å². The number of anilines is 3. The van der Waals surface area contributed by atoms with Gasteiger partial charge in [-0.05, 0) is 37.8 Å². The number of fused-ring (bicyclic) bond motifs is 1. The number of benzene rings is 1. The van der Waals surface area contributed by atoms with Crippen LogP contribution in [0.15, 0.2) is 18.3 Å². The van der Waals surface area contributed by atoms with E-state index in [2.05, 4.69) is 25.6 Å². The average Bonchev–Trinajstić information content (AvgIpc) is 3.17. The lowest BCUT2D eigenvalue weighted by atomic mass is 9.73. The molecule has 0 saturated heterocycles. The molecule has 0 unspecified atom stereocenters. The summed E-state index contributed by atoms with van der Waals surface area (Å²) in [6, 6.07) is 0.810. The van der Waals surface area contributed by atoms with Crippen molar-refractivity contribution in [2.45, 2.75) is 69.6 Å². The standard InChI is InChI=1S/C24H24Cl2F5N7O/c1-22(19(32)39)4-2-13(3-5-22)38-18-16(10-33-20(37-18)34-12-8-23(27,28)9-12)35-21(38)36-17-14(25)6-11(7-15(17)26)24(29,30)31/h6-7,10,12-13H,2-5,8-9H2,1H3,(H2,32,39)(H,35,36)(H,33,34,37)/t13-,22-. The molecule has 3 aromatic rings. The molecule has 0 atom stereocenters. The van der Waals surface area contributed by atoms with E-state index < -0.39 is 35.0 Å². The number of alkyl halides is 5. The fraction of sp³-hybridized carbons (Fsp3) is 0.500. The molecule has 0 bridgehead atoms. The van der Waals surface area contributed by atoms with Gasteiger partial charge in [0.05, 0.1) is 27.5 Å². The first kappa shape index (κ1) is 27.6. The number of rotatable bonds is 6. The highest BCUT2D eigenvalue weighted by Crippen LogP contribution is 2.45. The summed E-state index contributed by atoms with van der Waals surface area (Å²) >= 11 is 12.4. The van der Waals surface area contributed by atoms with E-state index in [1.165, 1.54) is 6.20 Å². The second kappa shape index (κ2) is 9.61. The number of carbonyl (C=O) groups excluding carboxylic acids is 1. The van der Waals surface area contributed by atoms with E-state index in [9.17, 15) is 26.7 Å². The molecule has 2 aromatic heterocycles. The van der Waals surface area contributed by atoms with Gasteiger partial charge in [0.1, 0.15) is 5.52 Å². The summed E-state index contributed by atoms with van der Waals surface area (Å²) in [5.74, 6) is -2.79. The number of aromatic nitrogens is 4. The molecule has 2 aliphatic carbocycles. The van der Waals surface area contributed by atoms with Crippen LogP contribution >= 0.6 is 23.2 Å². The molecule has 0 radical (unpaired) electrons. The number of carbonyl (C=O) groups is 1. The van der Waals surface area contributed by atoms with E-state index >= 15 is 0 Å².